The number of hydrogen-bond donors (Lipinski definition) is 1. The molecule has 3 amide bonds. The first-order valence-electron chi connectivity index (χ1n) is 10.1. The minimum Gasteiger partial charge on any atom is -0.467 e. The zero-order valence-electron chi connectivity index (χ0n) is 17.5. The number of anilines is 1. The number of furan rings is 1. The summed E-state index contributed by atoms with van der Waals surface area (Å²) < 4.78 is 28.3. The molecular formula is C23H21N3O6S. The standard InChI is InChI=1S/C23H21N3O6S/c24-33(30,31)19-10-8-17(9-11-19)26-22(28)14-20(23(26)29)25(15-18-7-4-12-32-18)21(27)13-16-5-2-1-3-6-16/h1-12,20H,13-15H2,(H2,24,30,31). The first-order chi connectivity index (χ1) is 15.7. The lowest BCUT2D eigenvalue weighted by Gasteiger charge is -2.27. The Bertz CT molecular complexity index is 1270. The molecule has 33 heavy (non-hydrogen) atoms. The van der Waals surface area contributed by atoms with Gasteiger partial charge in [0.15, 0.2) is 0 Å². The van der Waals surface area contributed by atoms with Crippen molar-refractivity contribution in [1.29, 1.82) is 0 Å². The highest BCUT2D eigenvalue weighted by atomic mass is 32.2. The maximum absolute atomic E-state index is 13.3. The summed E-state index contributed by atoms with van der Waals surface area (Å²) in [5.74, 6) is -0.913. The van der Waals surface area contributed by atoms with Crippen LogP contribution in [-0.2, 0) is 37.4 Å². The van der Waals surface area contributed by atoms with Gasteiger partial charge in [0.1, 0.15) is 11.8 Å². The normalized spacial score (nSPS) is 16.3. The number of sulfonamides is 1. The van der Waals surface area contributed by atoms with Gasteiger partial charge in [-0.15, -0.1) is 0 Å². The minimum absolute atomic E-state index is 0.0283. The van der Waals surface area contributed by atoms with Crippen LogP contribution >= 0.6 is 0 Å². The van der Waals surface area contributed by atoms with Crippen LogP contribution in [0, 0.1) is 0 Å². The van der Waals surface area contributed by atoms with Crippen molar-refractivity contribution < 1.29 is 27.2 Å². The fourth-order valence-corrected chi connectivity index (χ4v) is 4.25. The second-order valence-corrected chi connectivity index (χ2v) is 9.15. The molecule has 2 heterocycles. The van der Waals surface area contributed by atoms with E-state index in [9.17, 15) is 22.8 Å². The first-order valence-corrected chi connectivity index (χ1v) is 11.6. The number of carbonyl (C=O) groups excluding carboxylic acids is 3. The molecule has 3 aromatic rings. The Kier molecular flexibility index (Phi) is 6.12. The number of amides is 3. The van der Waals surface area contributed by atoms with E-state index in [1.54, 1.807) is 12.1 Å². The molecule has 1 aliphatic heterocycles. The van der Waals surface area contributed by atoms with Crippen LogP contribution in [0.1, 0.15) is 17.7 Å². The van der Waals surface area contributed by atoms with E-state index >= 15 is 0 Å². The Morgan fingerprint density at radius 2 is 1.73 bits per heavy atom. The molecule has 10 heteroatoms. The lowest BCUT2D eigenvalue weighted by molar-refractivity contribution is -0.138. The fourth-order valence-electron chi connectivity index (χ4n) is 3.73. The van der Waals surface area contributed by atoms with Gasteiger partial charge in [0.2, 0.25) is 21.8 Å². The van der Waals surface area contributed by atoms with Crippen molar-refractivity contribution in [2.75, 3.05) is 4.90 Å². The summed E-state index contributed by atoms with van der Waals surface area (Å²) in [6.45, 7) is 0.0283. The van der Waals surface area contributed by atoms with Gasteiger partial charge in [-0.25, -0.2) is 18.5 Å². The van der Waals surface area contributed by atoms with Crippen LogP contribution in [-0.4, -0.2) is 37.1 Å². The Labute approximate surface area is 190 Å². The van der Waals surface area contributed by atoms with Crippen molar-refractivity contribution in [1.82, 2.24) is 4.90 Å². The molecule has 1 aliphatic rings. The minimum atomic E-state index is -3.92. The van der Waals surface area contributed by atoms with E-state index in [1.807, 2.05) is 30.3 Å². The molecule has 0 radical (unpaired) electrons. The van der Waals surface area contributed by atoms with E-state index in [1.165, 1.54) is 35.4 Å². The van der Waals surface area contributed by atoms with Crippen molar-refractivity contribution in [3.8, 4) is 0 Å². The van der Waals surface area contributed by atoms with E-state index in [-0.39, 0.29) is 35.9 Å². The zero-order valence-corrected chi connectivity index (χ0v) is 18.3. The molecule has 9 nitrogen and oxygen atoms in total. The molecule has 1 unspecified atom stereocenters. The molecule has 2 N–H and O–H groups in total. The van der Waals surface area contributed by atoms with Gasteiger partial charge in [-0.2, -0.15) is 0 Å². The topological polar surface area (TPSA) is 131 Å². The van der Waals surface area contributed by atoms with Crippen molar-refractivity contribution in [3.63, 3.8) is 0 Å². The van der Waals surface area contributed by atoms with Gasteiger partial charge in [0, 0.05) is 0 Å². The summed E-state index contributed by atoms with van der Waals surface area (Å²) in [4.78, 5) is 41.4. The Balaban J connectivity index is 1.61. The molecular weight excluding hydrogens is 446 g/mol. The van der Waals surface area contributed by atoms with E-state index in [4.69, 9.17) is 9.56 Å². The Hall–Kier alpha value is -3.76. The van der Waals surface area contributed by atoms with Crippen molar-refractivity contribution in [2.24, 2.45) is 5.14 Å². The molecule has 0 aliphatic carbocycles. The highest BCUT2D eigenvalue weighted by molar-refractivity contribution is 7.89. The van der Waals surface area contributed by atoms with Crippen LogP contribution in [0.3, 0.4) is 0 Å². The number of imide groups is 1. The summed E-state index contributed by atoms with van der Waals surface area (Å²) in [5.41, 5.74) is 0.979. The maximum Gasteiger partial charge on any atom is 0.257 e. The lowest BCUT2D eigenvalue weighted by atomic mass is 10.1. The number of primary sulfonamides is 1. The molecule has 2 aromatic carbocycles. The number of hydrogen-bond acceptors (Lipinski definition) is 6. The predicted molar refractivity (Wildman–Crippen MR) is 118 cm³/mol. The quantitative estimate of drug-likeness (QED) is 0.528. The van der Waals surface area contributed by atoms with Crippen molar-refractivity contribution in [3.05, 3.63) is 84.3 Å². The third kappa shape index (κ3) is 4.86. The molecule has 1 aromatic heterocycles. The number of benzene rings is 2. The highest BCUT2D eigenvalue weighted by Gasteiger charge is 2.44. The lowest BCUT2D eigenvalue weighted by Crippen LogP contribution is -2.45. The Morgan fingerprint density at radius 3 is 2.33 bits per heavy atom. The van der Waals surface area contributed by atoms with E-state index < -0.39 is 27.9 Å². The number of nitrogens with zero attached hydrogens (tertiary/aromatic N) is 2. The summed E-state index contributed by atoms with van der Waals surface area (Å²) >= 11 is 0. The summed E-state index contributed by atoms with van der Waals surface area (Å²) in [7, 11) is -3.92. The number of nitrogens with two attached hydrogens (primary N) is 1. The summed E-state index contributed by atoms with van der Waals surface area (Å²) in [6.07, 6.45) is 1.33. The third-order valence-corrected chi connectivity index (χ3v) is 6.28. The summed E-state index contributed by atoms with van der Waals surface area (Å²) in [6, 6.07) is 16.6. The van der Waals surface area contributed by atoms with E-state index in [2.05, 4.69) is 0 Å². The number of rotatable bonds is 7. The van der Waals surface area contributed by atoms with E-state index in [0.29, 0.717) is 5.76 Å². The Morgan fingerprint density at radius 1 is 1.03 bits per heavy atom. The smallest absolute Gasteiger partial charge is 0.257 e. The average Bonchev–Trinajstić information content (AvgIpc) is 3.39. The fraction of sp³-hybridized carbons (Fsp3) is 0.174. The van der Waals surface area contributed by atoms with Gasteiger partial charge < -0.3 is 9.32 Å². The molecule has 0 saturated carbocycles. The monoisotopic (exact) mass is 467 g/mol. The van der Waals surface area contributed by atoms with Gasteiger partial charge >= 0.3 is 0 Å². The predicted octanol–water partition coefficient (Wildman–Crippen LogP) is 1.83. The van der Waals surface area contributed by atoms with Crippen LogP contribution in [0.4, 0.5) is 5.69 Å². The molecule has 1 fully saturated rings. The van der Waals surface area contributed by atoms with Gasteiger partial charge in [-0.1, -0.05) is 30.3 Å². The van der Waals surface area contributed by atoms with Crippen LogP contribution in [0.5, 0.6) is 0 Å². The molecule has 1 saturated heterocycles. The van der Waals surface area contributed by atoms with Gasteiger partial charge in [-0.05, 0) is 42.0 Å². The zero-order chi connectivity index (χ0) is 23.6. The van der Waals surface area contributed by atoms with Gasteiger partial charge in [0.25, 0.3) is 5.91 Å². The summed E-state index contributed by atoms with van der Waals surface area (Å²) in [5, 5.41) is 5.11. The van der Waals surface area contributed by atoms with Crippen molar-refractivity contribution in [2.45, 2.75) is 30.3 Å². The highest BCUT2D eigenvalue weighted by Crippen LogP contribution is 2.28. The molecule has 0 bridgehead atoms. The van der Waals surface area contributed by atoms with Crippen LogP contribution in [0.25, 0.3) is 0 Å². The van der Waals surface area contributed by atoms with Gasteiger partial charge in [-0.3, -0.25) is 14.4 Å². The SMILES string of the molecule is NS(=O)(=O)c1ccc(N2C(=O)CC(N(Cc3ccco3)C(=O)Cc3ccccc3)C2=O)cc1. The molecule has 170 valence electrons. The van der Waals surface area contributed by atoms with Crippen LogP contribution < -0.4 is 10.0 Å². The number of carbonyl (C=O) groups is 3. The van der Waals surface area contributed by atoms with Crippen LogP contribution in [0.15, 0.2) is 82.3 Å². The second kappa shape index (κ2) is 9.00. The van der Waals surface area contributed by atoms with Crippen molar-refractivity contribution >= 4 is 33.4 Å². The maximum atomic E-state index is 13.3. The second-order valence-electron chi connectivity index (χ2n) is 7.59. The molecule has 0 spiro atoms. The average molecular weight is 468 g/mol. The van der Waals surface area contributed by atoms with E-state index in [0.717, 1.165) is 10.5 Å². The molecule has 4 rings (SSSR count). The third-order valence-electron chi connectivity index (χ3n) is 5.35. The van der Waals surface area contributed by atoms with Crippen LogP contribution in [0.2, 0.25) is 0 Å². The molecule has 1 atom stereocenters. The first kappa shape index (κ1) is 22.4. The van der Waals surface area contributed by atoms with Gasteiger partial charge in [0.05, 0.1) is 36.2 Å². The largest absolute Gasteiger partial charge is 0.467 e.